The van der Waals surface area contributed by atoms with Gasteiger partial charge in [0, 0.05) is 10.5 Å². The minimum absolute atomic E-state index is 0.354. The summed E-state index contributed by atoms with van der Waals surface area (Å²) in [6.45, 7) is 10.5. The normalized spacial score (nSPS) is 14.2. The number of benzene rings is 1. The van der Waals surface area contributed by atoms with E-state index in [0.29, 0.717) is 12.0 Å². The standard InChI is InChI=1S/C16H26BrNO/c1-5-7-12(3)11-19-14-8-9-15(16(17)10-14)13(4)18-6-2/h8-10,12-13,18H,5-7,11H2,1-4H3. The van der Waals surface area contributed by atoms with E-state index in [9.17, 15) is 0 Å². The molecule has 0 saturated carbocycles. The van der Waals surface area contributed by atoms with Gasteiger partial charge in [-0.15, -0.1) is 0 Å². The molecule has 2 nitrogen and oxygen atoms in total. The van der Waals surface area contributed by atoms with Crippen molar-refractivity contribution < 1.29 is 4.74 Å². The first kappa shape index (κ1) is 16.5. The maximum Gasteiger partial charge on any atom is 0.120 e. The summed E-state index contributed by atoms with van der Waals surface area (Å²) < 4.78 is 6.96. The third kappa shape index (κ3) is 5.53. The van der Waals surface area contributed by atoms with E-state index in [2.05, 4.69) is 67.1 Å². The van der Waals surface area contributed by atoms with Crippen molar-refractivity contribution in [3.8, 4) is 5.75 Å². The van der Waals surface area contributed by atoms with E-state index in [1.807, 2.05) is 0 Å². The molecule has 0 aliphatic rings. The lowest BCUT2D eigenvalue weighted by molar-refractivity contribution is 0.251. The molecule has 1 rings (SSSR count). The number of ether oxygens (including phenoxy) is 1. The third-order valence-corrected chi connectivity index (χ3v) is 3.95. The van der Waals surface area contributed by atoms with Crippen molar-refractivity contribution >= 4 is 15.9 Å². The maximum absolute atomic E-state index is 5.85. The van der Waals surface area contributed by atoms with Crippen LogP contribution in [0.25, 0.3) is 0 Å². The molecule has 0 fully saturated rings. The molecule has 1 aromatic carbocycles. The largest absolute Gasteiger partial charge is 0.493 e. The van der Waals surface area contributed by atoms with E-state index in [-0.39, 0.29) is 0 Å². The Kier molecular flexibility index (Phi) is 7.47. The number of hydrogen-bond donors (Lipinski definition) is 1. The van der Waals surface area contributed by atoms with Crippen LogP contribution in [0.4, 0.5) is 0 Å². The highest BCUT2D eigenvalue weighted by atomic mass is 79.9. The van der Waals surface area contributed by atoms with Gasteiger partial charge in [0.2, 0.25) is 0 Å². The SMILES string of the molecule is CCCC(C)COc1ccc(C(C)NCC)c(Br)c1. The van der Waals surface area contributed by atoms with Crippen molar-refractivity contribution in [2.75, 3.05) is 13.2 Å². The fourth-order valence-electron chi connectivity index (χ4n) is 2.18. The molecule has 0 amide bonds. The molecule has 0 aliphatic carbocycles. The molecule has 1 aromatic rings. The second kappa shape index (κ2) is 8.60. The molecule has 19 heavy (non-hydrogen) atoms. The van der Waals surface area contributed by atoms with Gasteiger partial charge in [-0.1, -0.05) is 49.2 Å². The first-order valence-electron chi connectivity index (χ1n) is 7.24. The zero-order valence-electron chi connectivity index (χ0n) is 12.5. The van der Waals surface area contributed by atoms with Gasteiger partial charge in [0.05, 0.1) is 6.61 Å². The van der Waals surface area contributed by atoms with E-state index >= 15 is 0 Å². The molecule has 108 valence electrons. The van der Waals surface area contributed by atoms with Gasteiger partial charge >= 0.3 is 0 Å². The zero-order chi connectivity index (χ0) is 14.3. The molecule has 3 heteroatoms. The molecule has 2 atom stereocenters. The van der Waals surface area contributed by atoms with Crippen LogP contribution in [0.1, 0.15) is 52.1 Å². The van der Waals surface area contributed by atoms with E-state index < -0.39 is 0 Å². The van der Waals surface area contributed by atoms with Gasteiger partial charge < -0.3 is 10.1 Å². The molecule has 0 aromatic heterocycles. The molecule has 0 aliphatic heterocycles. The van der Waals surface area contributed by atoms with Crippen LogP contribution in [0.5, 0.6) is 5.75 Å². The van der Waals surface area contributed by atoms with E-state index in [1.165, 1.54) is 18.4 Å². The summed E-state index contributed by atoms with van der Waals surface area (Å²) in [5.74, 6) is 1.56. The van der Waals surface area contributed by atoms with Gasteiger partial charge in [-0.3, -0.25) is 0 Å². The molecular formula is C16H26BrNO. The van der Waals surface area contributed by atoms with Crippen molar-refractivity contribution in [2.24, 2.45) is 5.92 Å². The Morgan fingerprint density at radius 1 is 1.26 bits per heavy atom. The second-order valence-corrected chi connectivity index (χ2v) is 6.02. The van der Waals surface area contributed by atoms with E-state index in [4.69, 9.17) is 4.74 Å². The maximum atomic E-state index is 5.85. The number of nitrogens with one attached hydrogen (secondary N) is 1. The third-order valence-electron chi connectivity index (χ3n) is 3.26. The molecule has 0 heterocycles. The summed E-state index contributed by atoms with van der Waals surface area (Å²) >= 11 is 3.64. The van der Waals surface area contributed by atoms with Crippen molar-refractivity contribution in [2.45, 2.75) is 46.6 Å². The monoisotopic (exact) mass is 327 g/mol. The number of hydrogen-bond acceptors (Lipinski definition) is 2. The molecule has 0 saturated heterocycles. The molecule has 0 radical (unpaired) electrons. The van der Waals surface area contributed by atoms with Crippen molar-refractivity contribution in [1.29, 1.82) is 0 Å². The predicted molar refractivity (Wildman–Crippen MR) is 85.8 cm³/mol. The highest BCUT2D eigenvalue weighted by Gasteiger charge is 2.09. The highest BCUT2D eigenvalue weighted by Crippen LogP contribution is 2.28. The summed E-state index contributed by atoms with van der Waals surface area (Å²) in [5.41, 5.74) is 1.27. The minimum Gasteiger partial charge on any atom is -0.493 e. The average molecular weight is 328 g/mol. The van der Waals surface area contributed by atoms with Crippen molar-refractivity contribution in [1.82, 2.24) is 5.32 Å². The fraction of sp³-hybridized carbons (Fsp3) is 0.625. The Morgan fingerprint density at radius 3 is 2.58 bits per heavy atom. The van der Waals surface area contributed by atoms with Crippen LogP contribution < -0.4 is 10.1 Å². The Morgan fingerprint density at radius 2 is 2.00 bits per heavy atom. The van der Waals surface area contributed by atoms with Crippen LogP contribution in [-0.2, 0) is 0 Å². The topological polar surface area (TPSA) is 21.3 Å². The summed E-state index contributed by atoms with van der Waals surface area (Å²) in [5, 5.41) is 3.42. The predicted octanol–water partition coefficient (Wildman–Crippen LogP) is 4.93. The van der Waals surface area contributed by atoms with Gasteiger partial charge in [-0.25, -0.2) is 0 Å². The molecule has 0 spiro atoms. The van der Waals surface area contributed by atoms with Crippen LogP contribution >= 0.6 is 15.9 Å². The summed E-state index contributed by atoms with van der Waals surface area (Å²) in [6.07, 6.45) is 2.43. The lowest BCUT2D eigenvalue weighted by Gasteiger charge is -2.17. The number of halogens is 1. The van der Waals surface area contributed by atoms with Crippen LogP contribution in [0.3, 0.4) is 0 Å². The minimum atomic E-state index is 0.354. The van der Waals surface area contributed by atoms with Crippen molar-refractivity contribution in [3.63, 3.8) is 0 Å². The first-order chi connectivity index (χ1) is 9.08. The smallest absolute Gasteiger partial charge is 0.120 e. The fourth-order valence-corrected chi connectivity index (χ4v) is 2.88. The molecule has 2 unspecified atom stereocenters. The first-order valence-corrected chi connectivity index (χ1v) is 8.03. The van der Waals surface area contributed by atoms with Gasteiger partial charge in [0.1, 0.15) is 5.75 Å². The molecular weight excluding hydrogens is 302 g/mol. The Hall–Kier alpha value is -0.540. The molecule has 0 bridgehead atoms. The zero-order valence-corrected chi connectivity index (χ0v) is 14.1. The van der Waals surface area contributed by atoms with Gasteiger partial charge in [-0.05, 0) is 43.5 Å². The number of rotatable bonds is 8. The van der Waals surface area contributed by atoms with E-state index in [0.717, 1.165) is 23.4 Å². The summed E-state index contributed by atoms with van der Waals surface area (Å²) in [7, 11) is 0. The second-order valence-electron chi connectivity index (χ2n) is 5.17. The Labute approximate surface area is 126 Å². The Balaban J connectivity index is 2.61. The Bertz CT molecular complexity index is 381. The summed E-state index contributed by atoms with van der Waals surface area (Å²) in [6, 6.07) is 6.62. The van der Waals surface area contributed by atoms with Crippen LogP contribution in [-0.4, -0.2) is 13.2 Å². The summed E-state index contributed by atoms with van der Waals surface area (Å²) in [4.78, 5) is 0. The lowest BCUT2D eigenvalue weighted by atomic mass is 10.1. The van der Waals surface area contributed by atoms with Gasteiger partial charge in [-0.2, -0.15) is 0 Å². The quantitative estimate of drug-likeness (QED) is 0.730. The van der Waals surface area contributed by atoms with Crippen LogP contribution in [0.15, 0.2) is 22.7 Å². The van der Waals surface area contributed by atoms with Crippen LogP contribution in [0.2, 0.25) is 0 Å². The van der Waals surface area contributed by atoms with Crippen molar-refractivity contribution in [3.05, 3.63) is 28.2 Å². The lowest BCUT2D eigenvalue weighted by Crippen LogP contribution is -2.18. The van der Waals surface area contributed by atoms with E-state index in [1.54, 1.807) is 0 Å². The average Bonchev–Trinajstić information content (AvgIpc) is 2.37. The highest BCUT2D eigenvalue weighted by molar-refractivity contribution is 9.10. The van der Waals surface area contributed by atoms with Crippen LogP contribution in [0, 0.1) is 5.92 Å². The molecule has 1 N–H and O–H groups in total. The van der Waals surface area contributed by atoms with Gasteiger partial charge in [0.15, 0.2) is 0 Å². The van der Waals surface area contributed by atoms with Gasteiger partial charge in [0.25, 0.3) is 0 Å².